The van der Waals surface area contributed by atoms with E-state index in [0.717, 1.165) is 15.7 Å². The van der Waals surface area contributed by atoms with Crippen molar-refractivity contribution in [3.05, 3.63) is 90.8 Å². The van der Waals surface area contributed by atoms with E-state index < -0.39 is 0 Å². The van der Waals surface area contributed by atoms with E-state index in [1.54, 1.807) is 47.3 Å². The number of nitrogens with zero attached hydrogens (tertiary/aromatic N) is 4. The number of carbonyl (C=O) groups excluding carboxylic acids is 1. The molecule has 7 nitrogen and oxygen atoms in total. The first-order valence-corrected chi connectivity index (χ1v) is 12.0. The first-order valence-electron chi connectivity index (χ1n) is 10.1. The fraction of sp³-hybridized carbons (Fsp3) is 0.174. The molecule has 176 valence electrons. The van der Waals surface area contributed by atoms with Crippen LogP contribution in [0.15, 0.2) is 53.1 Å². The average molecular weight is 584 g/mol. The van der Waals surface area contributed by atoms with Crippen LogP contribution in [0, 0.1) is 13.8 Å². The van der Waals surface area contributed by atoms with Crippen molar-refractivity contribution < 1.29 is 9.53 Å². The van der Waals surface area contributed by atoms with Gasteiger partial charge in [-0.25, -0.2) is 4.68 Å². The molecular weight excluding hydrogens is 565 g/mol. The molecule has 0 fully saturated rings. The zero-order valence-corrected chi connectivity index (χ0v) is 22.0. The number of rotatable bonds is 7. The lowest BCUT2D eigenvalue weighted by atomic mass is 10.2. The highest BCUT2D eigenvalue weighted by molar-refractivity contribution is 9.10. The standard InChI is InChI=1S/C23H19BrCl3N5O2/c1-13-22(14(2)32(29-13)11-15-3-4-17(26)10-19(15)27)28-23(33)20-7-8-31(30-20)12-34-21-6-5-16(25)9-18(21)24/h3-10H,11-12H2,1-2H3,(H,28,33). The van der Waals surface area contributed by atoms with Crippen molar-refractivity contribution in [3.8, 4) is 5.75 Å². The molecule has 2 aromatic heterocycles. The molecule has 0 saturated carbocycles. The molecule has 0 bridgehead atoms. The number of hydrogen-bond acceptors (Lipinski definition) is 4. The van der Waals surface area contributed by atoms with Gasteiger partial charge in [0.2, 0.25) is 0 Å². The maximum Gasteiger partial charge on any atom is 0.276 e. The number of benzene rings is 2. The minimum absolute atomic E-state index is 0.130. The molecule has 0 aliphatic heterocycles. The van der Waals surface area contributed by atoms with E-state index in [0.29, 0.717) is 38.7 Å². The van der Waals surface area contributed by atoms with Gasteiger partial charge in [-0.15, -0.1) is 0 Å². The number of amides is 1. The Morgan fingerprint density at radius 2 is 1.79 bits per heavy atom. The fourth-order valence-electron chi connectivity index (χ4n) is 3.30. The molecule has 0 atom stereocenters. The summed E-state index contributed by atoms with van der Waals surface area (Å²) in [7, 11) is 0. The van der Waals surface area contributed by atoms with Gasteiger partial charge in [0.15, 0.2) is 12.4 Å². The number of nitrogens with one attached hydrogen (secondary N) is 1. The van der Waals surface area contributed by atoms with Crippen LogP contribution in [0.1, 0.15) is 27.4 Å². The number of hydrogen-bond donors (Lipinski definition) is 1. The van der Waals surface area contributed by atoms with Crippen molar-refractivity contribution in [2.45, 2.75) is 27.1 Å². The summed E-state index contributed by atoms with van der Waals surface area (Å²) < 4.78 is 9.78. The molecule has 0 aliphatic rings. The molecule has 2 aromatic carbocycles. The maximum atomic E-state index is 12.8. The highest BCUT2D eigenvalue weighted by atomic mass is 79.9. The molecule has 1 N–H and O–H groups in total. The van der Waals surface area contributed by atoms with Gasteiger partial charge in [0.1, 0.15) is 5.75 Å². The van der Waals surface area contributed by atoms with E-state index in [9.17, 15) is 4.79 Å². The van der Waals surface area contributed by atoms with Crippen LogP contribution in [0.4, 0.5) is 5.69 Å². The predicted molar refractivity (Wildman–Crippen MR) is 137 cm³/mol. The molecule has 11 heteroatoms. The number of anilines is 1. The van der Waals surface area contributed by atoms with Crippen molar-refractivity contribution in [1.29, 1.82) is 0 Å². The maximum absolute atomic E-state index is 12.8. The Kier molecular flexibility index (Phi) is 7.52. The lowest BCUT2D eigenvalue weighted by Gasteiger charge is -2.09. The molecular formula is C23H19BrCl3N5O2. The lowest BCUT2D eigenvalue weighted by molar-refractivity contribution is 0.102. The largest absolute Gasteiger partial charge is 0.470 e. The Labute approximate surface area is 219 Å². The van der Waals surface area contributed by atoms with E-state index >= 15 is 0 Å². The second-order valence-corrected chi connectivity index (χ2v) is 9.62. The van der Waals surface area contributed by atoms with Crippen molar-refractivity contribution in [1.82, 2.24) is 19.6 Å². The average Bonchev–Trinajstić information content (AvgIpc) is 3.35. The van der Waals surface area contributed by atoms with Gasteiger partial charge in [-0.1, -0.05) is 40.9 Å². The Bertz CT molecular complexity index is 1370. The molecule has 0 unspecified atom stereocenters. The minimum Gasteiger partial charge on any atom is -0.470 e. The summed E-state index contributed by atoms with van der Waals surface area (Å²) in [5.74, 6) is 0.270. The van der Waals surface area contributed by atoms with E-state index in [4.69, 9.17) is 39.5 Å². The zero-order valence-electron chi connectivity index (χ0n) is 18.2. The van der Waals surface area contributed by atoms with E-state index in [1.165, 1.54) is 4.68 Å². The van der Waals surface area contributed by atoms with Crippen LogP contribution < -0.4 is 10.1 Å². The Morgan fingerprint density at radius 3 is 2.53 bits per heavy atom. The number of aromatic nitrogens is 4. The SMILES string of the molecule is Cc1nn(Cc2ccc(Cl)cc2Cl)c(C)c1NC(=O)c1ccn(COc2ccc(Cl)cc2Br)n1. The van der Waals surface area contributed by atoms with Crippen LogP contribution in [0.2, 0.25) is 15.1 Å². The summed E-state index contributed by atoms with van der Waals surface area (Å²) in [6.07, 6.45) is 1.67. The Hall–Kier alpha value is -2.52. The third-order valence-electron chi connectivity index (χ3n) is 5.07. The Balaban J connectivity index is 1.43. The van der Waals surface area contributed by atoms with Crippen LogP contribution >= 0.6 is 50.7 Å². The normalized spacial score (nSPS) is 11.0. The van der Waals surface area contributed by atoms with Gasteiger partial charge in [0.05, 0.1) is 28.1 Å². The quantitative estimate of drug-likeness (QED) is 0.261. The van der Waals surface area contributed by atoms with E-state index in [2.05, 4.69) is 31.4 Å². The zero-order chi connectivity index (χ0) is 24.4. The first kappa shape index (κ1) is 24.6. The number of ether oxygens (including phenoxy) is 1. The third-order valence-corrected chi connectivity index (χ3v) is 6.52. The van der Waals surface area contributed by atoms with Crippen LogP contribution in [0.3, 0.4) is 0 Å². The summed E-state index contributed by atoms with van der Waals surface area (Å²) in [4.78, 5) is 12.8. The lowest BCUT2D eigenvalue weighted by Crippen LogP contribution is -2.15. The molecule has 0 spiro atoms. The van der Waals surface area contributed by atoms with Gasteiger partial charge in [-0.3, -0.25) is 9.48 Å². The van der Waals surface area contributed by atoms with Crippen LogP contribution in [0.25, 0.3) is 0 Å². The van der Waals surface area contributed by atoms with Gasteiger partial charge < -0.3 is 10.1 Å². The predicted octanol–water partition coefficient (Wildman–Crippen LogP) is 6.76. The minimum atomic E-state index is -0.346. The van der Waals surface area contributed by atoms with Crippen LogP contribution in [-0.4, -0.2) is 25.5 Å². The second-order valence-electron chi connectivity index (χ2n) is 7.48. The molecule has 0 radical (unpaired) electrons. The monoisotopic (exact) mass is 581 g/mol. The van der Waals surface area contributed by atoms with Gasteiger partial charge in [0.25, 0.3) is 5.91 Å². The summed E-state index contributed by atoms with van der Waals surface area (Å²) in [5.41, 5.74) is 3.25. The third kappa shape index (κ3) is 5.58. The molecule has 1 amide bonds. The molecule has 2 heterocycles. The first-order chi connectivity index (χ1) is 16.2. The smallest absolute Gasteiger partial charge is 0.276 e. The van der Waals surface area contributed by atoms with Gasteiger partial charge >= 0.3 is 0 Å². The van der Waals surface area contributed by atoms with Crippen molar-refractivity contribution in [2.24, 2.45) is 0 Å². The van der Waals surface area contributed by atoms with Crippen molar-refractivity contribution in [2.75, 3.05) is 5.32 Å². The molecule has 34 heavy (non-hydrogen) atoms. The van der Waals surface area contributed by atoms with E-state index in [1.807, 2.05) is 19.9 Å². The topological polar surface area (TPSA) is 74.0 Å². The van der Waals surface area contributed by atoms with Gasteiger partial charge in [-0.2, -0.15) is 10.2 Å². The van der Waals surface area contributed by atoms with Gasteiger partial charge in [-0.05, 0) is 71.7 Å². The van der Waals surface area contributed by atoms with E-state index in [-0.39, 0.29) is 18.3 Å². The Morgan fingerprint density at radius 1 is 1.06 bits per heavy atom. The van der Waals surface area contributed by atoms with Crippen LogP contribution in [-0.2, 0) is 13.3 Å². The molecule has 4 rings (SSSR count). The highest BCUT2D eigenvalue weighted by Gasteiger charge is 2.18. The number of halogens is 4. The molecule has 4 aromatic rings. The summed E-state index contributed by atoms with van der Waals surface area (Å²) >= 11 is 21.6. The number of carbonyl (C=O) groups is 1. The number of aryl methyl sites for hydroxylation is 1. The van der Waals surface area contributed by atoms with Gasteiger partial charge in [0, 0.05) is 21.3 Å². The molecule has 0 saturated heterocycles. The summed E-state index contributed by atoms with van der Waals surface area (Å²) in [5, 5.41) is 13.5. The summed E-state index contributed by atoms with van der Waals surface area (Å²) in [6.45, 7) is 4.30. The second kappa shape index (κ2) is 10.4. The molecule has 0 aliphatic carbocycles. The van der Waals surface area contributed by atoms with Crippen molar-refractivity contribution >= 4 is 62.3 Å². The highest BCUT2D eigenvalue weighted by Crippen LogP contribution is 2.28. The summed E-state index contributed by atoms with van der Waals surface area (Å²) in [6, 6.07) is 12.2. The van der Waals surface area contributed by atoms with Crippen molar-refractivity contribution in [3.63, 3.8) is 0 Å². The van der Waals surface area contributed by atoms with Crippen LogP contribution in [0.5, 0.6) is 5.75 Å². The fourth-order valence-corrected chi connectivity index (χ4v) is 4.57.